The summed E-state index contributed by atoms with van der Waals surface area (Å²) in [4.78, 5) is 17.5. The van der Waals surface area contributed by atoms with Crippen molar-refractivity contribution < 1.29 is 4.79 Å². The average Bonchev–Trinajstić information content (AvgIpc) is 3.31. The van der Waals surface area contributed by atoms with E-state index in [1.165, 1.54) is 16.9 Å². The molecule has 0 saturated heterocycles. The van der Waals surface area contributed by atoms with Gasteiger partial charge in [-0.15, -0.1) is 11.3 Å². The summed E-state index contributed by atoms with van der Waals surface area (Å²) in [6, 6.07) is 13.6. The number of aromatic nitrogens is 3. The van der Waals surface area contributed by atoms with Crippen LogP contribution in [0.2, 0.25) is 5.02 Å². The second-order valence-electron chi connectivity index (χ2n) is 7.63. The Morgan fingerprint density at radius 1 is 1.10 bits per heavy atom. The van der Waals surface area contributed by atoms with Gasteiger partial charge in [-0.05, 0) is 51.5 Å². The minimum Gasteiger partial charge on any atom is -0.326 e. The van der Waals surface area contributed by atoms with Crippen LogP contribution in [0, 0.1) is 27.7 Å². The first-order valence-electron chi connectivity index (χ1n) is 9.96. The molecule has 5 nitrogen and oxygen atoms in total. The maximum Gasteiger partial charge on any atom is 0.228 e. The van der Waals surface area contributed by atoms with E-state index in [-0.39, 0.29) is 12.3 Å². The van der Waals surface area contributed by atoms with Crippen molar-refractivity contribution in [3.8, 4) is 16.4 Å². The molecule has 158 valence electrons. The van der Waals surface area contributed by atoms with Gasteiger partial charge in [-0.1, -0.05) is 41.4 Å². The molecule has 2 aromatic heterocycles. The summed E-state index contributed by atoms with van der Waals surface area (Å²) in [6.45, 7) is 7.94. The topological polar surface area (TPSA) is 59.8 Å². The summed E-state index contributed by atoms with van der Waals surface area (Å²) in [5.41, 5.74) is 7.61. The highest BCUT2D eigenvalue weighted by Crippen LogP contribution is 2.27. The van der Waals surface area contributed by atoms with E-state index in [2.05, 4.69) is 16.5 Å². The molecule has 2 heterocycles. The Morgan fingerprint density at radius 2 is 1.84 bits per heavy atom. The number of benzene rings is 2. The molecule has 0 saturated carbocycles. The van der Waals surface area contributed by atoms with Crippen LogP contribution in [0.25, 0.3) is 16.4 Å². The SMILES string of the molecule is Cc1ccc(NC(=O)Cc2c(C)nn(-c3nc(-c4ccc(Cl)cc4)cs3)c2C)c(C)c1. The molecule has 0 aliphatic rings. The third kappa shape index (κ3) is 4.55. The molecule has 2 aromatic carbocycles. The second kappa shape index (κ2) is 8.65. The predicted octanol–water partition coefficient (Wildman–Crippen LogP) is 6.06. The summed E-state index contributed by atoms with van der Waals surface area (Å²) >= 11 is 7.50. The van der Waals surface area contributed by atoms with E-state index < -0.39 is 0 Å². The van der Waals surface area contributed by atoms with Gasteiger partial charge in [-0.3, -0.25) is 4.79 Å². The van der Waals surface area contributed by atoms with Gasteiger partial charge in [0.2, 0.25) is 11.0 Å². The predicted molar refractivity (Wildman–Crippen MR) is 127 cm³/mol. The Labute approximate surface area is 190 Å². The Balaban J connectivity index is 1.55. The fourth-order valence-electron chi connectivity index (χ4n) is 3.54. The molecule has 0 bridgehead atoms. The van der Waals surface area contributed by atoms with Crippen molar-refractivity contribution in [2.45, 2.75) is 34.1 Å². The molecule has 0 aliphatic heterocycles. The number of anilines is 1. The Morgan fingerprint density at radius 3 is 2.55 bits per heavy atom. The number of carbonyl (C=O) groups is 1. The van der Waals surface area contributed by atoms with Gasteiger partial charge in [0, 0.05) is 32.9 Å². The lowest BCUT2D eigenvalue weighted by molar-refractivity contribution is -0.115. The monoisotopic (exact) mass is 450 g/mol. The largest absolute Gasteiger partial charge is 0.326 e. The van der Waals surface area contributed by atoms with E-state index in [1.54, 1.807) is 0 Å². The van der Waals surface area contributed by atoms with Gasteiger partial charge in [0.1, 0.15) is 0 Å². The van der Waals surface area contributed by atoms with Crippen LogP contribution >= 0.6 is 22.9 Å². The lowest BCUT2D eigenvalue weighted by Gasteiger charge is -2.09. The fraction of sp³-hybridized carbons (Fsp3) is 0.208. The van der Waals surface area contributed by atoms with Crippen molar-refractivity contribution in [1.29, 1.82) is 0 Å². The minimum absolute atomic E-state index is 0.0568. The van der Waals surface area contributed by atoms with Gasteiger partial charge in [-0.25, -0.2) is 9.67 Å². The van der Waals surface area contributed by atoms with E-state index in [9.17, 15) is 4.79 Å². The molecule has 4 rings (SSSR count). The van der Waals surface area contributed by atoms with Crippen molar-refractivity contribution >= 4 is 34.5 Å². The lowest BCUT2D eigenvalue weighted by atomic mass is 10.1. The number of thiazole rings is 1. The summed E-state index contributed by atoms with van der Waals surface area (Å²) in [7, 11) is 0. The number of aryl methyl sites for hydroxylation is 3. The molecule has 1 N–H and O–H groups in total. The molecule has 1 amide bonds. The Bertz CT molecular complexity index is 1260. The summed E-state index contributed by atoms with van der Waals surface area (Å²) in [5.74, 6) is -0.0568. The smallest absolute Gasteiger partial charge is 0.228 e. The number of carbonyl (C=O) groups excluding carboxylic acids is 1. The number of nitrogens with one attached hydrogen (secondary N) is 1. The van der Waals surface area contributed by atoms with Crippen LogP contribution in [-0.4, -0.2) is 20.7 Å². The molecule has 0 atom stereocenters. The van der Waals surface area contributed by atoms with Gasteiger partial charge in [0.25, 0.3) is 0 Å². The van der Waals surface area contributed by atoms with E-state index in [0.29, 0.717) is 5.02 Å². The van der Waals surface area contributed by atoms with Gasteiger partial charge >= 0.3 is 0 Å². The molecule has 4 aromatic rings. The van der Waals surface area contributed by atoms with Gasteiger partial charge in [0.05, 0.1) is 17.8 Å². The maximum absolute atomic E-state index is 12.7. The van der Waals surface area contributed by atoms with Crippen molar-refractivity contribution in [2.24, 2.45) is 0 Å². The van der Waals surface area contributed by atoms with Crippen molar-refractivity contribution in [1.82, 2.24) is 14.8 Å². The zero-order valence-electron chi connectivity index (χ0n) is 17.9. The number of hydrogen-bond donors (Lipinski definition) is 1. The lowest BCUT2D eigenvalue weighted by Crippen LogP contribution is -2.16. The first kappa shape index (κ1) is 21.3. The summed E-state index contributed by atoms with van der Waals surface area (Å²) in [5, 5.41) is 11.1. The molecule has 0 aliphatic carbocycles. The highest BCUT2D eigenvalue weighted by Gasteiger charge is 2.18. The standard InChI is InChI=1S/C24H23ClN4OS/c1-14-5-10-21(15(2)11-14)26-23(30)12-20-16(3)28-29(17(20)4)24-27-22(13-31-24)18-6-8-19(25)9-7-18/h5-11,13H,12H2,1-4H3,(H,26,30). The molecule has 0 unspecified atom stereocenters. The Kier molecular flexibility index (Phi) is 5.94. The first-order valence-corrected chi connectivity index (χ1v) is 11.2. The van der Waals surface area contributed by atoms with Gasteiger partial charge in [0.15, 0.2) is 0 Å². The molecule has 0 radical (unpaired) electrons. The first-order chi connectivity index (χ1) is 14.8. The Hall–Kier alpha value is -2.96. The van der Waals surface area contributed by atoms with Crippen molar-refractivity contribution in [3.63, 3.8) is 0 Å². The normalized spacial score (nSPS) is 11.0. The average molecular weight is 451 g/mol. The third-order valence-corrected chi connectivity index (χ3v) is 6.32. The van der Waals surface area contributed by atoms with Crippen LogP contribution in [0.5, 0.6) is 0 Å². The second-order valence-corrected chi connectivity index (χ2v) is 8.90. The van der Waals surface area contributed by atoms with Crippen LogP contribution in [-0.2, 0) is 11.2 Å². The number of rotatable bonds is 5. The van der Waals surface area contributed by atoms with Crippen LogP contribution in [0.15, 0.2) is 47.8 Å². The molecular weight excluding hydrogens is 428 g/mol. The number of nitrogens with zero attached hydrogens (tertiary/aromatic N) is 3. The van der Waals surface area contributed by atoms with E-state index in [1.807, 2.05) is 74.2 Å². The van der Waals surface area contributed by atoms with Crippen LogP contribution in [0.4, 0.5) is 5.69 Å². The van der Waals surface area contributed by atoms with Crippen molar-refractivity contribution in [2.75, 3.05) is 5.32 Å². The highest BCUT2D eigenvalue weighted by atomic mass is 35.5. The fourth-order valence-corrected chi connectivity index (χ4v) is 4.50. The molecule has 7 heteroatoms. The van der Waals surface area contributed by atoms with Crippen LogP contribution in [0.3, 0.4) is 0 Å². The van der Waals surface area contributed by atoms with Gasteiger partial charge in [-0.2, -0.15) is 5.10 Å². The summed E-state index contributed by atoms with van der Waals surface area (Å²) < 4.78 is 1.82. The minimum atomic E-state index is -0.0568. The maximum atomic E-state index is 12.7. The van der Waals surface area contributed by atoms with E-state index >= 15 is 0 Å². The summed E-state index contributed by atoms with van der Waals surface area (Å²) in [6.07, 6.45) is 0.264. The van der Waals surface area contributed by atoms with Crippen molar-refractivity contribution in [3.05, 3.63) is 80.9 Å². The van der Waals surface area contributed by atoms with Gasteiger partial charge < -0.3 is 5.32 Å². The van der Waals surface area contributed by atoms with Crippen LogP contribution < -0.4 is 5.32 Å². The van der Waals surface area contributed by atoms with Crippen LogP contribution in [0.1, 0.15) is 28.1 Å². The molecule has 31 heavy (non-hydrogen) atoms. The van der Waals surface area contributed by atoms with E-state index in [0.717, 1.165) is 44.6 Å². The zero-order chi connectivity index (χ0) is 22.1. The quantitative estimate of drug-likeness (QED) is 0.401. The molecule has 0 fully saturated rings. The highest BCUT2D eigenvalue weighted by molar-refractivity contribution is 7.12. The molecule has 0 spiro atoms. The number of amides is 1. The zero-order valence-corrected chi connectivity index (χ0v) is 19.4. The third-order valence-electron chi connectivity index (χ3n) is 5.25. The number of hydrogen-bond acceptors (Lipinski definition) is 4. The molecular formula is C24H23ClN4OS. The number of halogens is 1. The van der Waals surface area contributed by atoms with E-state index in [4.69, 9.17) is 16.6 Å².